The van der Waals surface area contributed by atoms with E-state index in [2.05, 4.69) is 51.2 Å². The lowest BCUT2D eigenvalue weighted by Crippen LogP contribution is -2.43. The van der Waals surface area contributed by atoms with E-state index in [1.165, 1.54) is 6.07 Å². The molecule has 1 fully saturated rings. The van der Waals surface area contributed by atoms with Crippen LogP contribution in [0, 0.1) is 11.8 Å². The maximum Gasteiger partial charge on any atom is 0.416 e. The predicted octanol–water partition coefficient (Wildman–Crippen LogP) is 4.97. The first-order valence-corrected chi connectivity index (χ1v) is 12.2. The van der Waals surface area contributed by atoms with Crippen LogP contribution in [0.5, 0.6) is 0 Å². The first-order valence-electron chi connectivity index (χ1n) is 12.2. The summed E-state index contributed by atoms with van der Waals surface area (Å²) < 4.78 is 41.9. The molecule has 1 aliphatic rings. The molecule has 4 heterocycles. The first kappa shape index (κ1) is 24.9. The van der Waals surface area contributed by atoms with Crippen molar-refractivity contribution < 1.29 is 13.2 Å². The van der Waals surface area contributed by atoms with E-state index in [1.54, 1.807) is 36.7 Å². The summed E-state index contributed by atoms with van der Waals surface area (Å²) in [7, 11) is 0. The second-order valence-electron chi connectivity index (χ2n) is 9.46. The van der Waals surface area contributed by atoms with Crippen LogP contribution in [0.15, 0.2) is 48.8 Å². The van der Waals surface area contributed by atoms with E-state index in [0.29, 0.717) is 22.5 Å². The van der Waals surface area contributed by atoms with Crippen molar-refractivity contribution in [3.63, 3.8) is 0 Å². The van der Waals surface area contributed by atoms with Gasteiger partial charge in [0.2, 0.25) is 0 Å². The molecule has 190 valence electrons. The van der Waals surface area contributed by atoms with E-state index in [1.807, 2.05) is 11.0 Å². The van der Waals surface area contributed by atoms with E-state index in [4.69, 9.17) is 0 Å². The molecule has 5 rings (SSSR count). The number of H-pyrrole nitrogens is 1. The van der Waals surface area contributed by atoms with Gasteiger partial charge in [-0.05, 0) is 35.7 Å². The minimum atomic E-state index is -4.45. The first-order chi connectivity index (χ1) is 17.8. The Morgan fingerprint density at radius 2 is 1.78 bits per heavy atom. The Morgan fingerprint density at radius 1 is 1.00 bits per heavy atom. The number of nitrogens with one attached hydrogen (secondary N) is 2. The zero-order valence-corrected chi connectivity index (χ0v) is 20.7. The number of halogens is 3. The second-order valence-corrected chi connectivity index (χ2v) is 9.46. The molecule has 0 unspecified atom stereocenters. The molecule has 0 atom stereocenters. The van der Waals surface area contributed by atoms with Crippen LogP contribution in [0.2, 0.25) is 0 Å². The van der Waals surface area contributed by atoms with Gasteiger partial charge >= 0.3 is 6.18 Å². The highest BCUT2D eigenvalue weighted by molar-refractivity contribution is 5.79. The predicted molar refractivity (Wildman–Crippen MR) is 137 cm³/mol. The normalized spacial score (nSPS) is 14.6. The molecule has 6 nitrogen and oxygen atoms in total. The van der Waals surface area contributed by atoms with Gasteiger partial charge in [-0.1, -0.05) is 37.8 Å². The summed E-state index contributed by atoms with van der Waals surface area (Å²) in [4.78, 5) is 10.7. The fraction of sp³-hybridized carbons (Fsp3) is 0.321. The van der Waals surface area contributed by atoms with Crippen molar-refractivity contribution in [1.29, 1.82) is 0 Å². The van der Waals surface area contributed by atoms with E-state index in [0.717, 1.165) is 42.8 Å². The molecule has 3 aromatic heterocycles. The summed E-state index contributed by atoms with van der Waals surface area (Å²) in [5.41, 5.74) is 3.52. The second kappa shape index (κ2) is 10.3. The Labute approximate surface area is 213 Å². The third-order valence-corrected chi connectivity index (χ3v) is 6.44. The smallest absolute Gasteiger partial charge is 0.314 e. The van der Waals surface area contributed by atoms with Crippen LogP contribution in [-0.4, -0.2) is 51.2 Å². The molecule has 1 aliphatic heterocycles. The Hall–Kier alpha value is -3.74. The zero-order valence-electron chi connectivity index (χ0n) is 20.7. The quantitative estimate of drug-likeness (QED) is 0.384. The zero-order chi connectivity index (χ0) is 26.0. The number of benzene rings is 1. The standard InChI is InChI=1S/C28H27F3N6/c1-18(2)26-23-13-20(16-34-27(23)36-35-26)4-3-19-7-8-33-25(14-19)21-5-6-22(24(15-21)28(29,30)31)17-37-11-9-32-10-12-37/h5-8,13-16,18,32H,9-12,17H2,1-2H3,(H,34,35,36). The number of pyridine rings is 2. The highest BCUT2D eigenvalue weighted by Crippen LogP contribution is 2.35. The molecule has 0 radical (unpaired) electrons. The van der Waals surface area contributed by atoms with Gasteiger partial charge in [-0.2, -0.15) is 18.3 Å². The van der Waals surface area contributed by atoms with Gasteiger partial charge in [0, 0.05) is 72.9 Å². The van der Waals surface area contributed by atoms with Crippen molar-refractivity contribution in [3.8, 4) is 23.1 Å². The van der Waals surface area contributed by atoms with Gasteiger partial charge < -0.3 is 5.32 Å². The fourth-order valence-corrected chi connectivity index (χ4v) is 4.48. The molecular formula is C28H27F3N6. The molecule has 0 spiro atoms. The number of nitrogens with zero attached hydrogens (tertiary/aromatic N) is 4. The highest BCUT2D eigenvalue weighted by Gasteiger charge is 2.34. The maximum atomic E-state index is 14.0. The molecule has 2 N–H and O–H groups in total. The highest BCUT2D eigenvalue weighted by atomic mass is 19.4. The summed E-state index contributed by atoms with van der Waals surface area (Å²) in [5.74, 6) is 6.46. The lowest BCUT2D eigenvalue weighted by Gasteiger charge is -2.28. The van der Waals surface area contributed by atoms with Crippen LogP contribution < -0.4 is 5.32 Å². The number of aromatic nitrogens is 4. The number of rotatable bonds is 4. The van der Waals surface area contributed by atoms with Gasteiger partial charge in [0.1, 0.15) is 0 Å². The van der Waals surface area contributed by atoms with E-state index in [9.17, 15) is 13.2 Å². The lowest BCUT2D eigenvalue weighted by molar-refractivity contribution is -0.138. The van der Waals surface area contributed by atoms with Crippen LogP contribution in [0.3, 0.4) is 0 Å². The SMILES string of the molecule is CC(C)c1[nH]nc2ncc(C#Cc3ccnc(-c4ccc(CN5CCNCC5)c(C(F)(F)F)c4)c3)cc12. The summed E-state index contributed by atoms with van der Waals surface area (Å²) in [5, 5.41) is 11.4. The molecule has 1 saturated heterocycles. The number of hydrogen-bond donors (Lipinski definition) is 2. The molecule has 9 heteroatoms. The number of fused-ring (bicyclic) bond motifs is 1. The van der Waals surface area contributed by atoms with Crippen LogP contribution >= 0.6 is 0 Å². The molecule has 37 heavy (non-hydrogen) atoms. The molecule has 0 aliphatic carbocycles. The van der Waals surface area contributed by atoms with E-state index in [-0.39, 0.29) is 18.0 Å². The molecule has 1 aromatic carbocycles. The third kappa shape index (κ3) is 5.66. The minimum Gasteiger partial charge on any atom is -0.314 e. The third-order valence-electron chi connectivity index (χ3n) is 6.44. The summed E-state index contributed by atoms with van der Waals surface area (Å²) >= 11 is 0. The Balaban J connectivity index is 1.43. The van der Waals surface area contributed by atoms with Crippen molar-refractivity contribution >= 4 is 11.0 Å². The minimum absolute atomic E-state index is 0.266. The molecular weight excluding hydrogens is 477 g/mol. The van der Waals surface area contributed by atoms with Gasteiger partial charge in [-0.25, -0.2) is 4.98 Å². The van der Waals surface area contributed by atoms with Crippen molar-refractivity contribution in [2.24, 2.45) is 0 Å². The van der Waals surface area contributed by atoms with E-state index < -0.39 is 11.7 Å². The van der Waals surface area contributed by atoms with Gasteiger partial charge in [-0.3, -0.25) is 15.0 Å². The number of aromatic amines is 1. The van der Waals surface area contributed by atoms with Crippen LogP contribution in [0.4, 0.5) is 13.2 Å². The Bertz CT molecular complexity index is 1470. The maximum absolute atomic E-state index is 14.0. The number of hydrogen-bond acceptors (Lipinski definition) is 5. The van der Waals surface area contributed by atoms with Gasteiger partial charge in [0.15, 0.2) is 5.65 Å². The van der Waals surface area contributed by atoms with Gasteiger partial charge in [0.05, 0.1) is 11.3 Å². The van der Waals surface area contributed by atoms with Gasteiger partial charge in [0.25, 0.3) is 0 Å². The monoisotopic (exact) mass is 504 g/mol. The number of piperazine rings is 1. The average Bonchev–Trinajstić information content (AvgIpc) is 3.32. The van der Waals surface area contributed by atoms with Crippen molar-refractivity contribution in [1.82, 2.24) is 30.4 Å². The van der Waals surface area contributed by atoms with Crippen LogP contribution in [-0.2, 0) is 12.7 Å². The average molecular weight is 505 g/mol. The summed E-state index contributed by atoms with van der Waals surface area (Å²) in [6.45, 7) is 7.43. The summed E-state index contributed by atoms with van der Waals surface area (Å²) in [6, 6.07) is 9.87. The van der Waals surface area contributed by atoms with Crippen molar-refractivity contribution in [3.05, 3.63) is 76.7 Å². The Kier molecular flexibility index (Phi) is 6.96. The van der Waals surface area contributed by atoms with E-state index >= 15 is 0 Å². The Morgan fingerprint density at radius 3 is 2.54 bits per heavy atom. The van der Waals surface area contributed by atoms with Crippen molar-refractivity contribution in [2.75, 3.05) is 26.2 Å². The molecule has 0 bridgehead atoms. The van der Waals surface area contributed by atoms with Crippen molar-refractivity contribution in [2.45, 2.75) is 32.5 Å². The summed E-state index contributed by atoms with van der Waals surface area (Å²) in [6.07, 6.45) is -1.23. The van der Waals surface area contributed by atoms with Crippen LogP contribution in [0.1, 0.15) is 47.7 Å². The van der Waals surface area contributed by atoms with Gasteiger partial charge in [-0.15, -0.1) is 0 Å². The number of alkyl halides is 3. The fourth-order valence-electron chi connectivity index (χ4n) is 4.48. The molecule has 0 amide bonds. The molecule has 4 aromatic rings. The van der Waals surface area contributed by atoms with Crippen LogP contribution in [0.25, 0.3) is 22.3 Å². The molecule has 0 saturated carbocycles. The largest absolute Gasteiger partial charge is 0.416 e. The lowest BCUT2D eigenvalue weighted by atomic mass is 10.00. The topological polar surface area (TPSA) is 69.7 Å².